The Kier molecular flexibility index (Phi) is 4.47. The van der Waals surface area contributed by atoms with Crippen molar-refractivity contribution in [2.75, 3.05) is 0 Å². The summed E-state index contributed by atoms with van der Waals surface area (Å²) in [6.07, 6.45) is -4.37. The fourth-order valence-electron chi connectivity index (χ4n) is 1.62. The van der Waals surface area contributed by atoms with E-state index < -0.39 is 17.6 Å². The molecule has 21 heavy (non-hydrogen) atoms. The summed E-state index contributed by atoms with van der Waals surface area (Å²) in [6, 6.07) is 9.19. The van der Waals surface area contributed by atoms with Gasteiger partial charge in [0.1, 0.15) is 10.8 Å². The summed E-state index contributed by atoms with van der Waals surface area (Å²) in [6.45, 7) is 0.102. The van der Waals surface area contributed by atoms with Gasteiger partial charge in [0, 0.05) is 6.54 Å². The summed E-state index contributed by atoms with van der Waals surface area (Å²) in [5.74, 6) is -0.447. The van der Waals surface area contributed by atoms with Crippen molar-refractivity contribution in [2.45, 2.75) is 12.7 Å². The SMILES string of the molecule is O=C(NCc1ccc(C(F)(F)F)cc1)c1cccc(Cl)n1. The smallest absolute Gasteiger partial charge is 0.347 e. The lowest BCUT2D eigenvalue weighted by atomic mass is 10.1. The number of pyridine rings is 1. The molecule has 1 heterocycles. The van der Waals surface area contributed by atoms with Gasteiger partial charge in [0.15, 0.2) is 0 Å². The molecule has 0 saturated carbocycles. The lowest BCUT2D eigenvalue weighted by molar-refractivity contribution is -0.137. The number of amides is 1. The van der Waals surface area contributed by atoms with Crippen molar-refractivity contribution >= 4 is 17.5 Å². The second-order valence-electron chi connectivity index (χ2n) is 4.22. The van der Waals surface area contributed by atoms with Gasteiger partial charge in [0.05, 0.1) is 5.56 Å². The molecule has 0 fully saturated rings. The highest BCUT2D eigenvalue weighted by Crippen LogP contribution is 2.29. The molecule has 110 valence electrons. The summed E-state index contributed by atoms with van der Waals surface area (Å²) >= 11 is 5.67. The van der Waals surface area contributed by atoms with Crippen LogP contribution in [-0.2, 0) is 12.7 Å². The summed E-state index contributed by atoms with van der Waals surface area (Å²) in [7, 11) is 0. The van der Waals surface area contributed by atoms with E-state index in [1.54, 1.807) is 6.07 Å². The number of hydrogen-bond acceptors (Lipinski definition) is 2. The molecule has 2 aromatic rings. The second kappa shape index (κ2) is 6.13. The van der Waals surface area contributed by atoms with Crippen molar-refractivity contribution in [3.63, 3.8) is 0 Å². The minimum absolute atomic E-state index is 0.102. The Morgan fingerprint density at radius 3 is 2.38 bits per heavy atom. The van der Waals surface area contributed by atoms with Crippen LogP contribution in [0.3, 0.4) is 0 Å². The first-order valence-electron chi connectivity index (χ1n) is 5.93. The van der Waals surface area contributed by atoms with E-state index in [9.17, 15) is 18.0 Å². The zero-order valence-electron chi connectivity index (χ0n) is 10.6. The monoisotopic (exact) mass is 314 g/mol. The number of aromatic nitrogens is 1. The third kappa shape index (κ3) is 4.19. The summed E-state index contributed by atoms with van der Waals surface area (Å²) < 4.78 is 37.2. The fourth-order valence-corrected chi connectivity index (χ4v) is 1.78. The van der Waals surface area contributed by atoms with Crippen LogP contribution in [0.2, 0.25) is 5.15 Å². The lowest BCUT2D eigenvalue weighted by Gasteiger charge is -2.08. The highest BCUT2D eigenvalue weighted by atomic mass is 35.5. The van der Waals surface area contributed by atoms with Crippen LogP contribution in [0.1, 0.15) is 21.6 Å². The maximum atomic E-state index is 12.4. The van der Waals surface area contributed by atoms with Crippen molar-refractivity contribution < 1.29 is 18.0 Å². The van der Waals surface area contributed by atoms with Crippen LogP contribution >= 0.6 is 11.6 Å². The molecule has 0 bridgehead atoms. The van der Waals surface area contributed by atoms with Crippen molar-refractivity contribution in [1.82, 2.24) is 10.3 Å². The van der Waals surface area contributed by atoms with Gasteiger partial charge in [-0.2, -0.15) is 13.2 Å². The molecule has 0 atom stereocenters. The molecular formula is C14H10ClF3N2O. The molecule has 0 aliphatic carbocycles. The van der Waals surface area contributed by atoms with Gasteiger partial charge in [-0.25, -0.2) is 4.98 Å². The quantitative estimate of drug-likeness (QED) is 0.878. The Bertz CT molecular complexity index is 641. The number of carbonyl (C=O) groups is 1. The minimum atomic E-state index is -4.37. The topological polar surface area (TPSA) is 42.0 Å². The molecular weight excluding hydrogens is 305 g/mol. The van der Waals surface area contributed by atoms with Crippen LogP contribution in [0.5, 0.6) is 0 Å². The van der Waals surface area contributed by atoms with Crippen LogP contribution in [-0.4, -0.2) is 10.9 Å². The zero-order chi connectivity index (χ0) is 15.5. The van der Waals surface area contributed by atoms with E-state index >= 15 is 0 Å². The van der Waals surface area contributed by atoms with Crippen LogP contribution in [0.4, 0.5) is 13.2 Å². The Balaban J connectivity index is 1.98. The number of alkyl halides is 3. The summed E-state index contributed by atoms with van der Waals surface area (Å²) in [4.78, 5) is 15.6. The third-order valence-corrected chi connectivity index (χ3v) is 2.89. The standard InChI is InChI=1S/C14H10ClF3N2O/c15-12-3-1-2-11(20-12)13(21)19-8-9-4-6-10(7-5-9)14(16,17)18/h1-7H,8H2,(H,19,21). The van der Waals surface area contributed by atoms with E-state index in [0.717, 1.165) is 12.1 Å². The van der Waals surface area contributed by atoms with E-state index in [-0.39, 0.29) is 17.4 Å². The molecule has 0 aliphatic rings. The third-order valence-electron chi connectivity index (χ3n) is 2.68. The predicted molar refractivity (Wildman–Crippen MR) is 71.9 cm³/mol. The van der Waals surface area contributed by atoms with Gasteiger partial charge >= 0.3 is 6.18 Å². The van der Waals surface area contributed by atoms with Gasteiger partial charge in [-0.1, -0.05) is 29.8 Å². The van der Waals surface area contributed by atoms with Gasteiger partial charge in [-0.3, -0.25) is 4.79 Å². The molecule has 0 spiro atoms. The molecule has 3 nitrogen and oxygen atoms in total. The molecule has 0 unspecified atom stereocenters. The fraction of sp³-hybridized carbons (Fsp3) is 0.143. The van der Waals surface area contributed by atoms with Crippen molar-refractivity contribution in [3.05, 3.63) is 64.4 Å². The lowest BCUT2D eigenvalue weighted by Crippen LogP contribution is -2.23. The van der Waals surface area contributed by atoms with Gasteiger partial charge in [-0.05, 0) is 29.8 Å². The first-order valence-corrected chi connectivity index (χ1v) is 6.31. The molecule has 1 N–H and O–H groups in total. The summed E-state index contributed by atoms with van der Waals surface area (Å²) in [5, 5.41) is 2.75. The first kappa shape index (κ1) is 15.3. The Morgan fingerprint density at radius 2 is 1.81 bits per heavy atom. The van der Waals surface area contributed by atoms with Gasteiger partial charge in [0.2, 0.25) is 0 Å². The Labute approximate surface area is 123 Å². The highest BCUT2D eigenvalue weighted by molar-refractivity contribution is 6.29. The van der Waals surface area contributed by atoms with Crippen molar-refractivity contribution in [2.24, 2.45) is 0 Å². The maximum absolute atomic E-state index is 12.4. The van der Waals surface area contributed by atoms with E-state index in [2.05, 4.69) is 10.3 Å². The Morgan fingerprint density at radius 1 is 1.14 bits per heavy atom. The number of nitrogens with one attached hydrogen (secondary N) is 1. The molecule has 0 saturated heterocycles. The number of hydrogen-bond donors (Lipinski definition) is 1. The second-order valence-corrected chi connectivity index (χ2v) is 4.61. The van der Waals surface area contributed by atoms with Crippen LogP contribution in [0, 0.1) is 0 Å². The minimum Gasteiger partial charge on any atom is -0.347 e. The number of rotatable bonds is 3. The molecule has 7 heteroatoms. The predicted octanol–water partition coefficient (Wildman–Crippen LogP) is 3.68. The number of nitrogens with zero attached hydrogens (tertiary/aromatic N) is 1. The normalized spacial score (nSPS) is 11.2. The summed E-state index contributed by atoms with van der Waals surface area (Å²) in [5.41, 5.74) is -0.0260. The Hall–Kier alpha value is -2.08. The van der Waals surface area contributed by atoms with Crippen molar-refractivity contribution in [1.29, 1.82) is 0 Å². The molecule has 1 aromatic heterocycles. The van der Waals surface area contributed by atoms with E-state index in [1.807, 2.05) is 0 Å². The zero-order valence-corrected chi connectivity index (χ0v) is 11.4. The first-order chi connectivity index (χ1) is 9.86. The maximum Gasteiger partial charge on any atom is 0.416 e. The largest absolute Gasteiger partial charge is 0.416 e. The van der Waals surface area contributed by atoms with E-state index in [1.165, 1.54) is 24.3 Å². The van der Waals surface area contributed by atoms with E-state index in [4.69, 9.17) is 11.6 Å². The molecule has 2 rings (SSSR count). The van der Waals surface area contributed by atoms with E-state index in [0.29, 0.717) is 5.56 Å². The number of benzene rings is 1. The molecule has 0 radical (unpaired) electrons. The highest BCUT2D eigenvalue weighted by Gasteiger charge is 2.29. The van der Waals surface area contributed by atoms with Gasteiger partial charge in [0.25, 0.3) is 5.91 Å². The average Bonchev–Trinajstić information content (AvgIpc) is 2.44. The molecule has 1 aromatic carbocycles. The van der Waals surface area contributed by atoms with Crippen LogP contribution < -0.4 is 5.32 Å². The number of carbonyl (C=O) groups excluding carboxylic acids is 1. The molecule has 1 amide bonds. The average molecular weight is 315 g/mol. The van der Waals surface area contributed by atoms with Gasteiger partial charge in [-0.15, -0.1) is 0 Å². The van der Waals surface area contributed by atoms with Crippen molar-refractivity contribution in [3.8, 4) is 0 Å². The van der Waals surface area contributed by atoms with Gasteiger partial charge < -0.3 is 5.32 Å². The number of halogens is 4. The molecule has 0 aliphatic heterocycles. The van der Waals surface area contributed by atoms with Crippen LogP contribution in [0.15, 0.2) is 42.5 Å². The van der Waals surface area contributed by atoms with Crippen LogP contribution in [0.25, 0.3) is 0 Å².